The van der Waals surface area contributed by atoms with Gasteiger partial charge in [-0.3, -0.25) is 19.7 Å². The molecule has 8 heteroatoms. The Balaban J connectivity index is 1.55. The van der Waals surface area contributed by atoms with Crippen LogP contribution in [0.2, 0.25) is 0 Å². The number of piperidine rings is 1. The lowest BCUT2D eigenvalue weighted by Gasteiger charge is -2.35. The lowest BCUT2D eigenvalue weighted by Crippen LogP contribution is -2.50. The van der Waals surface area contributed by atoms with Crippen LogP contribution < -0.4 is 5.32 Å². The Morgan fingerprint density at radius 2 is 1.89 bits per heavy atom. The Bertz CT molecular complexity index is 859. The smallest absolute Gasteiger partial charge is 0.256 e. The van der Waals surface area contributed by atoms with Gasteiger partial charge in [0, 0.05) is 45.0 Å². The summed E-state index contributed by atoms with van der Waals surface area (Å²) < 4.78 is 0. The monoisotopic (exact) mass is 371 g/mol. The summed E-state index contributed by atoms with van der Waals surface area (Å²) in [7, 11) is 3.68. The molecule has 2 N–H and O–H groups in total. The molecular formula is C19H25N5O3. The number of aliphatic imine (C=N–C) groups is 1. The second-order valence-corrected chi connectivity index (χ2v) is 7.86. The van der Waals surface area contributed by atoms with Crippen LogP contribution in [0.1, 0.15) is 57.8 Å². The van der Waals surface area contributed by atoms with Gasteiger partial charge in [-0.05, 0) is 32.6 Å². The predicted molar refractivity (Wildman–Crippen MR) is 99.9 cm³/mol. The van der Waals surface area contributed by atoms with Crippen molar-refractivity contribution in [1.82, 2.24) is 20.1 Å². The van der Waals surface area contributed by atoms with Crippen LogP contribution in [0.4, 0.5) is 0 Å². The number of ketones is 1. The molecule has 1 aromatic heterocycles. The second kappa shape index (κ2) is 6.21. The fourth-order valence-corrected chi connectivity index (χ4v) is 4.29. The maximum Gasteiger partial charge on any atom is 0.256 e. The first kappa shape index (κ1) is 17.8. The summed E-state index contributed by atoms with van der Waals surface area (Å²) in [6.07, 6.45) is 3.10. The Morgan fingerprint density at radius 3 is 2.52 bits per heavy atom. The van der Waals surface area contributed by atoms with Crippen LogP contribution in [0.15, 0.2) is 4.99 Å². The Labute approximate surface area is 158 Å². The molecule has 0 saturated carbocycles. The molecule has 2 amide bonds. The number of amides is 2. The molecular weight excluding hydrogens is 346 g/mol. The third-order valence-corrected chi connectivity index (χ3v) is 5.86. The Hall–Kier alpha value is -2.64. The van der Waals surface area contributed by atoms with Gasteiger partial charge in [-0.1, -0.05) is 0 Å². The summed E-state index contributed by atoms with van der Waals surface area (Å²) in [6, 6.07) is 0. The van der Waals surface area contributed by atoms with E-state index in [1.165, 1.54) is 0 Å². The minimum Gasteiger partial charge on any atom is -0.361 e. The summed E-state index contributed by atoms with van der Waals surface area (Å²) in [4.78, 5) is 49.4. The number of H-pyrrole nitrogens is 1. The summed E-state index contributed by atoms with van der Waals surface area (Å²) in [6.45, 7) is 2.75. The number of nitrogens with zero attached hydrogens (tertiary/aromatic N) is 3. The second-order valence-electron chi connectivity index (χ2n) is 7.86. The van der Waals surface area contributed by atoms with Gasteiger partial charge in [0.1, 0.15) is 5.54 Å². The maximum atomic E-state index is 13.2. The molecule has 0 atom stereocenters. The molecule has 8 nitrogen and oxygen atoms in total. The van der Waals surface area contributed by atoms with Gasteiger partial charge in [-0.15, -0.1) is 0 Å². The number of aromatic amines is 1. The number of hydrogen-bond donors (Lipinski definition) is 2. The lowest BCUT2D eigenvalue weighted by molar-refractivity contribution is -0.125. The minimum atomic E-state index is -0.779. The van der Waals surface area contributed by atoms with Crippen molar-refractivity contribution >= 4 is 23.6 Å². The van der Waals surface area contributed by atoms with Crippen molar-refractivity contribution in [2.45, 2.75) is 44.6 Å². The van der Waals surface area contributed by atoms with Crippen LogP contribution in [0, 0.1) is 6.92 Å². The molecule has 0 bridgehead atoms. The van der Waals surface area contributed by atoms with Gasteiger partial charge in [-0.2, -0.15) is 0 Å². The van der Waals surface area contributed by atoms with Gasteiger partial charge < -0.3 is 14.8 Å². The van der Waals surface area contributed by atoms with E-state index in [4.69, 9.17) is 0 Å². The van der Waals surface area contributed by atoms with E-state index >= 15 is 0 Å². The van der Waals surface area contributed by atoms with Crippen LogP contribution in [-0.2, 0) is 11.2 Å². The zero-order chi connectivity index (χ0) is 19.3. The van der Waals surface area contributed by atoms with Crippen molar-refractivity contribution in [3.8, 4) is 0 Å². The van der Waals surface area contributed by atoms with E-state index in [9.17, 15) is 14.4 Å². The third kappa shape index (κ3) is 2.74. The highest BCUT2D eigenvalue weighted by Crippen LogP contribution is 2.33. The van der Waals surface area contributed by atoms with E-state index in [0.29, 0.717) is 49.4 Å². The van der Waals surface area contributed by atoms with Crippen LogP contribution in [0.3, 0.4) is 0 Å². The standard InChI is InChI=1S/C19H25N5O3/c1-11-14(15-12(20-11)5-4-6-13(15)25)16(26)24-9-7-19(8-10-24)17(27)21-18(22-19)23(2)3/h20H,4-10H2,1-3H3,(H,21,22,27). The number of guanidine groups is 1. The number of Topliss-reactive ketones (excluding diaryl/α,β-unsaturated/α-hetero) is 1. The van der Waals surface area contributed by atoms with Crippen molar-refractivity contribution in [3.63, 3.8) is 0 Å². The molecule has 3 heterocycles. The molecule has 0 aromatic carbocycles. The summed E-state index contributed by atoms with van der Waals surface area (Å²) in [5.74, 6) is 0.405. The third-order valence-electron chi connectivity index (χ3n) is 5.86. The SMILES string of the molecule is Cc1[nH]c2c(c1C(=O)N1CCC3(CC1)N=C(N(C)C)NC3=O)C(=O)CCC2. The number of aryl methyl sites for hydroxylation is 2. The van der Waals surface area contributed by atoms with Crippen LogP contribution >= 0.6 is 0 Å². The van der Waals surface area contributed by atoms with Gasteiger partial charge in [0.25, 0.3) is 11.8 Å². The highest BCUT2D eigenvalue weighted by atomic mass is 16.2. The molecule has 1 aromatic rings. The molecule has 1 aliphatic carbocycles. The number of carbonyl (C=O) groups excluding carboxylic acids is 3. The number of hydrogen-bond acceptors (Lipinski definition) is 5. The van der Waals surface area contributed by atoms with E-state index in [-0.39, 0.29) is 17.6 Å². The normalized spacial score (nSPS) is 21.1. The fourth-order valence-electron chi connectivity index (χ4n) is 4.29. The first-order chi connectivity index (χ1) is 12.8. The highest BCUT2D eigenvalue weighted by Gasteiger charge is 2.47. The van der Waals surface area contributed by atoms with E-state index in [1.54, 1.807) is 9.80 Å². The molecule has 144 valence electrons. The molecule has 4 rings (SSSR count). The quantitative estimate of drug-likeness (QED) is 0.765. The molecule has 1 fully saturated rings. The van der Waals surface area contributed by atoms with Crippen molar-refractivity contribution in [1.29, 1.82) is 0 Å². The zero-order valence-electron chi connectivity index (χ0n) is 16.0. The summed E-state index contributed by atoms with van der Waals surface area (Å²) in [5, 5.41) is 2.83. The molecule has 27 heavy (non-hydrogen) atoms. The van der Waals surface area contributed by atoms with E-state index in [0.717, 1.165) is 24.2 Å². The Kier molecular flexibility index (Phi) is 4.09. The van der Waals surface area contributed by atoms with E-state index < -0.39 is 5.54 Å². The highest BCUT2D eigenvalue weighted by molar-refractivity contribution is 6.11. The van der Waals surface area contributed by atoms with Gasteiger partial charge in [0.15, 0.2) is 5.78 Å². The number of carbonyl (C=O) groups is 3. The van der Waals surface area contributed by atoms with Gasteiger partial charge >= 0.3 is 0 Å². The number of aromatic nitrogens is 1. The number of nitrogens with one attached hydrogen (secondary N) is 2. The average molecular weight is 371 g/mol. The molecule has 0 unspecified atom stereocenters. The zero-order valence-corrected chi connectivity index (χ0v) is 16.0. The molecule has 1 spiro atoms. The predicted octanol–water partition coefficient (Wildman–Crippen LogP) is 0.864. The summed E-state index contributed by atoms with van der Waals surface area (Å²) >= 11 is 0. The van der Waals surface area contributed by atoms with Gasteiger partial charge in [0.2, 0.25) is 5.96 Å². The van der Waals surface area contributed by atoms with Gasteiger partial charge in [-0.25, -0.2) is 4.99 Å². The average Bonchev–Trinajstić information content (AvgIpc) is 3.13. The van der Waals surface area contributed by atoms with Crippen molar-refractivity contribution in [3.05, 3.63) is 22.5 Å². The number of fused-ring (bicyclic) bond motifs is 1. The molecule has 1 saturated heterocycles. The largest absolute Gasteiger partial charge is 0.361 e. The first-order valence-electron chi connectivity index (χ1n) is 9.45. The number of rotatable bonds is 1. The van der Waals surface area contributed by atoms with Crippen LogP contribution in [-0.4, -0.2) is 71.1 Å². The van der Waals surface area contributed by atoms with Crippen molar-refractivity contribution in [2.24, 2.45) is 4.99 Å². The van der Waals surface area contributed by atoms with Crippen LogP contribution in [0.25, 0.3) is 0 Å². The Morgan fingerprint density at radius 1 is 1.19 bits per heavy atom. The van der Waals surface area contributed by atoms with Gasteiger partial charge in [0.05, 0.1) is 11.1 Å². The minimum absolute atomic E-state index is 0.0489. The molecule has 0 radical (unpaired) electrons. The van der Waals surface area contributed by atoms with Crippen LogP contribution in [0.5, 0.6) is 0 Å². The fraction of sp³-hybridized carbons (Fsp3) is 0.579. The molecule has 2 aliphatic heterocycles. The van der Waals surface area contributed by atoms with Crippen molar-refractivity contribution in [2.75, 3.05) is 27.2 Å². The van der Waals surface area contributed by atoms with Crippen molar-refractivity contribution < 1.29 is 14.4 Å². The maximum absolute atomic E-state index is 13.2. The lowest BCUT2D eigenvalue weighted by atomic mass is 9.87. The van der Waals surface area contributed by atoms with E-state index in [1.807, 2.05) is 21.0 Å². The summed E-state index contributed by atoms with van der Waals surface area (Å²) in [5.41, 5.74) is 1.95. The molecule has 3 aliphatic rings. The topological polar surface area (TPSA) is 97.9 Å². The number of likely N-dealkylation sites (tertiary alicyclic amines) is 1. The van der Waals surface area contributed by atoms with E-state index in [2.05, 4.69) is 15.3 Å². The first-order valence-corrected chi connectivity index (χ1v) is 9.45.